The zero-order valence-electron chi connectivity index (χ0n) is 16.4. The highest BCUT2D eigenvalue weighted by Gasteiger charge is 2.32. The van der Waals surface area contributed by atoms with Crippen LogP contribution in [0.2, 0.25) is 5.02 Å². The van der Waals surface area contributed by atoms with Crippen molar-refractivity contribution in [1.29, 1.82) is 0 Å². The third kappa shape index (κ3) is 4.97. The highest BCUT2D eigenvalue weighted by atomic mass is 35.5. The quantitative estimate of drug-likeness (QED) is 0.692. The topological polar surface area (TPSA) is 75.7 Å². The Bertz CT molecular complexity index is 947. The van der Waals surface area contributed by atoms with Crippen molar-refractivity contribution in [1.82, 2.24) is 0 Å². The summed E-state index contributed by atoms with van der Waals surface area (Å²) in [4.78, 5) is 13.0. The predicted octanol–water partition coefficient (Wildman–Crippen LogP) is 4.09. The molecule has 28 heavy (non-hydrogen) atoms. The van der Waals surface area contributed by atoms with Gasteiger partial charge in [0.1, 0.15) is 11.8 Å². The lowest BCUT2D eigenvalue weighted by molar-refractivity contribution is -0.117. The van der Waals surface area contributed by atoms with E-state index >= 15 is 0 Å². The molecule has 1 atom stereocenters. The van der Waals surface area contributed by atoms with Crippen LogP contribution in [-0.4, -0.2) is 33.7 Å². The third-order valence-corrected chi connectivity index (χ3v) is 5.85. The summed E-state index contributed by atoms with van der Waals surface area (Å²) in [5.41, 5.74) is 1.96. The molecular formula is C20H25ClN2O4S. The number of hydrogen-bond acceptors (Lipinski definition) is 4. The SMILES string of the molecule is CCc1ccccc1NC(=O)[C@@H](CC)N(c1ccc(OC)c(Cl)c1)S(C)(=O)=O. The van der Waals surface area contributed by atoms with Crippen LogP contribution < -0.4 is 14.4 Å². The minimum absolute atomic E-state index is 0.264. The average Bonchev–Trinajstić information content (AvgIpc) is 2.65. The largest absolute Gasteiger partial charge is 0.495 e. The molecule has 0 aliphatic carbocycles. The van der Waals surface area contributed by atoms with E-state index in [1.807, 2.05) is 25.1 Å². The number of benzene rings is 2. The average molecular weight is 425 g/mol. The van der Waals surface area contributed by atoms with E-state index in [9.17, 15) is 13.2 Å². The van der Waals surface area contributed by atoms with E-state index < -0.39 is 22.0 Å². The number of carbonyl (C=O) groups excluding carboxylic acids is 1. The summed E-state index contributed by atoms with van der Waals surface area (Å²) in [5.74, 6) is 0.0222. The van der Waals surface area contributed by atoms with Crippen LogP contribution >= 0.6 is 11.6 Å². The van der Waals surface area contributed by atoms with E-state index in [1.165, 1.54) is 13.2 Å². The fourth-order valence-corrected chi connectivity index (χ4v) is 4.47. The molecule has 152 valence electrons. The molecule has 0 unspecified atom stereocenters. The molecule has 1 N–H and O–H groups in total. The number of rotatable bonds is 8. The maximum Gasteiger partial charge on any atom is 0.248 e. The van der Waals surface area contributed by atoms with Crippen molar-refractivity contribution < 1.29 is 17.9 Å². The highest BCUT2D eigenvalue weighted by Crippen LogP contribution is 2.32. The van der Waals surface area contributed by atoms with Crippen LogP contribution in [0.15, 0.2) is 42.5 Å². The number of hydrogen-bond donors (Lipinski definition) is 1. The molecule has 2 aromatic rings. The van der Waals surface area contributed by atoms with Gasteiger partial charge in [-0.2, -0.15) is 0 Å². The van der Waals surface area contributed by atoms with Crippen LogP contribution in [-0.2, 0) is 21.2 Å². The Morgan fingerprint density at radius 3 is 2.43 bits per heavy atom. The number of para-hydroxylation sites is 1. The molecule has 0 aliphatic rings. The summed E-state index contributed by atoms with van der Waals surface area (Å²) >= 11 is 6.17. The number of aryl methyl sites for hydroxylation is 1. The van der Waals surface area contributed by atoms with Gasteiger partial charge in [0.05, 0.1) is 24.1 Å². The van der Waals surface area contributed by atoms with E-state index in [4.69, 9.17) is 16.3 Å². The maximum absolute atomic E-state index is 13.0. The molecule has 0 saturated heterocycles. The number of carbonyl (C=O) groups is 1. The number of methoxy groups -OCH3 is 1. The number of anilines is 2. The molecule has 0 bridgehead atoms. The van der Waals surface area contributed by atoms with Crippen LogP contribution in [0.25, 0.3) is 0 Å². The van der Waals surface area contributed by atoms with Gasteiger partial charge in [-0.15, -0.1) is 0 Å². The lowest BCUT2D eigenvalue weighted by Gasteiger charge is -2.30. The first kappa shape index (κ1) is 22.0. The second-order valence-electron chi connectivity index (χ2n) is 6.30. The maximum atomic E-state index is 13.0. The van der Waals surface area contributed by atoms with Crippen LogP contribution in [0.1, 0.15) is 25.8 Å². The second kappa shape index (κ2) is 9.30. The van der Waals surface area contributed by atoms with E-state index in [-0.39, 0.29) is 11.4 Å². The normalized spacial score (nSPS) is 12.3. The first-order chi connectivity index (χ1) is 13.2. The van der Waals surface area contributed by atoms with Crippen molar-refractivity contribution in [3.63, 3.8) is 0 Å². The van der Waals surface area contributed by atoms with Crippen molar-refractivity contribution in [2.75, 3.05) is 23.0 Å². The lowest BCUT2D eigenvalue weighted by Crippen LogP contribution is -2.47. The molecule has 1 amide bonds. The molecule has 0 radical (unpaired) electrons. The van der Waals surface area contributed by atoms with Crippen molar-refractivity contribution in [3.05, 3.63) is 53.1 Å². The first-order valence-electron chi connectivity index (χ1n) is 8.94. The summed E-state index contributed by atoms with van der Waals surface area (Å²) in [7, 11) is -2.27. The van der Waals surface area contributed by atoms with Crippen LogP contribution in [0.5, 0.6) is 5.75 Å². The van der Waals surface area contributed by atoms with Gasteiger partial charge in [0.25, 0.3) is 0 Å². The summed E-state index contributed by atoms with van der Waals surface area (Å²) in [5, 5.41) is 3.13. The zero-order valence-corrected chi connectivity index (χ0v) is 18.0. The van der Waals surface area contributed by atoms with Gasteiger partial charge < -0.3 is 10.1 Å². The second-order valence-corrected chi connectivity index (χ2v) is 8.57. The van der Waals surface area contributed by atoms with E-state index in [1.54, 1.807) is 25.1 Å². The molecule has 0 aliphatic heterocycles. The van der Waals surface area contributed by atoms with Gasteiger partial charge in [-0.25, -0.2) is 8.42 Å². The monoisotopic (exact) mass is 424 g/mol. The molecule has 0 spiro atoms. The minimum atomic E-state index is -3.75. The Morgan fingerprint density at radius 2 is 1.89 bits per heavy atom. The van der Waals surface area contributed by atoms with Crippen molar-refractivity contribution in [3.8, 4) is 5.75 Å². The van der Waals surface area contributed by atoms with Gasteiger partial charge in [0, 0.05) is 5.69 Å². The van der Waals surface area contributed by atoms with Gasteiger partial charge in [0.15, 0.2) is 0 Å². The molecule has 2 rings (SSSR count). The number of halogens is 1. The Morgan fingerprint density at radius 1 is 1.21 bits per heavy atom. The molecule has 6 nitrogen and oxygen atoms in total. The van der Waals surface area contributed by atoms with Crippen LogP contribution in [0, 0.1) is 0 Å². The zero-order chi connectivity index (χ0) is 20.9. The van der Waals surface area contributed by atoms with Crippen molar-refractivity contribution in [2.24, 2.45) is 0 Å². The predicted molar refractivity (Wildman–Crippen MR) is 114 cm³/mol. The van der Waals surface area contributed by atoms with Crippen LogP contribution in [0.4, 0.5) is 11.4 Å². The molecule has 0 saturated carbocycles. The summed E-state index contributed by atoms with van der Waals surface area (Å²) < 4.78 is 31.3. The number of sulfonamides is 1. The third-order valence-electron chi connectivity index (χ3n) is 4.38. The van der Waals surface area contributed by atoms with Crippen molar-refractivity contribution >= 4 is 38.9 Å². The number of ether oxygens (including phenoxy) is 1. The summed E-state index contributed by atoms with van der Waals surface area (Å²) in [6, 6.07) is 11.2. The lowest BCUT2D eigenvalue weighted by atomic mass is 10.1. The van der Waals surface area contributed by atoms with Gasteiger partial charge in [-0.1, -0.05) is 43.6 Å². The van der Waals surface area contributed by atoms with Crippen molar-refractivity contribution in [2.45, 2.75) is 32.7 Å². The Labute approximate surface area is 171 Å². The molecule has 0 heterocycles. The number of amides is 1. The van der Waals surface area contributed by atoms with E-state index in [2.05, 4.69) is 5.32 Å². The van der Waals surface area contributed by atoms with Gasteiger partial charge in [-0.05, 0) is 42.7 Å². The fourth-order valence-electron chi connectivity index (χ4n) is 3.02. The molecule has 0 fully saturated rings. The molecular weight excluding hydrogens is 400 g/mol. The van der Waals surface area contributed by atoms with Gasteiger partial charge in [0.2, 0.25) is 15.9 Å². The summed E-state index contributed by atoms with van der Waals surface area (Å²) in [6.07, 6.45) is 2.11. The molecule has 0 aromatic heterocycles. The number of nitrogens with one attached hydrogen (secondary N) is 1. The summed E-state index contributed by atoms with van der Waals surface area (Å²) in [6.45, 7) is 3.75. The first-order valence-corrected chi connectivity index (χ1v) is 11.2. The molecule has 8 heteroatoms. The van der Waals surface area contributed by atoms with Crippen LogP contribution in [0.3, 0.4) is 0 Å². The Kier molecular flexibility index (Phi) is 7.32. The smallest absolute Gasteiger partial charge is 0.248 e. The highest BCUT2D eigenvalue weighted by molar-refractivity contribution is 7.92. The van der Waals surface area contributed by atoms with Gasteiger partial charge in [-0.3, -0.25) is 9.10 Å². The number of nitrogens with zero attached hydrogens (tertiary/aromatic N) is 1. The standard InChI is InChI=1S/C20H25ClN2O4S/c1-5-14-9-7-8-10-17(14)22-20(24)18(6-2)23(28(4,25)26)15-11-12-19(27-3)16(21)13-15/h7-13,18H,5-6H2,1-4H3,(H,22,24)/t18-/m1/s1. The molecule has 2 aromatic carbocycles. The fraction of sp³-hybridized carbons (Fsp3) is 0.350. The van der Waals surface area contributed by atoms with E-state index in [0.717, 1.165) is 22.5 Å². The van der Waals surface area contributed by atoms with E-state index in [0.29, 0.717) is 17.1 Å². The van der Waals surface area contributed by atoms with Gasteiger partial charge >= 0.3 is 0 Å². The Balaban J connectivity index is 2.43. The minimum Gasteiger partial charge on any atom is -0.495 e. The Hall–Kier alpha value is -2.25.